The molecule has 0 N–H and O–H groups in total. The van der Waals surface area contributed by atoms with Gasteiger partial charge in [-0.1, -0.05) is 30.3 Å². The molecule has 3 fully saturated rings. The van der Waals surface area contributed by atoms with Gasteiger partial charge in [-0.3, -0.25) is 9.80 Å². The number of benzene rings is 2. The fourth-order valence-corrected chi connectivity index (χ4v) is 5.54. The van der Waals surface area contributed by atoms with Crippen molar-refractivity contribution in [1.82, 2.24) is 9.80 Å². The molecule has 3 saturated heterocycles. The van der Waals surface area contributed by atoms with Crippen LogP contribution in [0.15, 0.2) is 42.5 Å². The van der Waals surface area contributed by atoms with Crippen LogP contribution in [0, 0.1) is 11.7 Å². The summed E-state index contributed by atoms with van der Waals surface area (Å²) in [7, 11) is 1.54. The first-order valence-electron chi connectivity index (χ1n) is 10.6. The molecule has 3 heterocycles. The minimum atomic E-state index is -0.282. The lowest BCUT2D eigenvalue weighted by Gasteiger charge is -2.36. The molecule has 2 aromatic rings. The van der Waals surface area contributed by atoms with E-state index in [9.17, 15) is 4.39 Å². The molecule has 0 saturated carbocycles. The zero-order chi connectivity index (χ0) is 19.1. The molecule has 0 amide bonds. The Balaban J connectivity index is 1.29. The van der Waals surface area contributed by atoms with Crippen molar-refractivity contribution >= 4 is 0 Å². The average Bonchev–Trinajstić information content (AvgIpc) is 2.94. The number of hydrogen-bond donors (Lipinski definition) is 0. The van der Waals surface area contributed by atoms with E-state index >= 15 is 0 Å². The van der Waals surface area contributed by atoms with E-state index < -0.39 is 0 Å². The fraction of sp³-hybridized carbons (Fsp3) is 0.500. The summed E-state index contributed by atoms with van der Waals surface area (Å²) in [6, 6.07) is 15.5. The number of piperidine rings is 1. The maximum atomic E-state index is 13.8. The van der Waals surface area contributed by atoms with Crippen LogP contribution < -0.4 is 4.74 Å². The molecule has 4 heteroatoms. The second-order valence-electron chi connectivity index (χ2n) is 8.78. The third-order valence-corrected chi connectivity index (χ3v) is 7.00. The standard InChI is InChI=1S/C24H29FN2O/c1-28-24-10-17(7-9-23(24)25)13-26-14-18-6-8-21(26)16-27(15-18)22-11-19-4-2-3-5-20(19)12-22/h2-5,7,9-10,18,21-22H,6,8,11-16H2,1H3/t18-,21-/m1/s1. The summed E-state index contributed by atoms with van der Waals surface area (Å²) in [6.45, 7) is 4.42. The summed E-state index contributed by atoms with van der Waals surface area (Å²) in [6.07, 6.45) is 5.01. The molecule has 6 rings (SSSR count). The van der Waals surface area contributed by atoms with E-state index in [0.29, 0.717) is 17.8 Å². The number of methoxy groups -OCH3 is 1. The predicted molar refractivity (Wildman–Crippen MR) is 109 cm³/mol. The van der Waals surface area contributed by atoms with E-state index in [1.54, 1.807) is 11.1 Å². The van der Waals surface area contributed by atoms with Crippen molar-refractivity contribution < 1.29 is 9.13 Å². The van der Waals surface area contributed by atoms with Crippen LogP contribution in [-0.4, -0.2) is 48.6 Å². The van der Waals surface area contributed by atoms with Crippen LogP contribution in [0.25, 0.3) is 0 Å². The van der Waals surface area contributed by atoms with E-state index in [0.717, 1.165) is 31.1 Å². The summed E-state index contributed by atoms with van der Waals surface area (Å²) >= 11 is 0. The van der Waals surface area contributed by atoms with Gasteiger partial charge in [0.25, 0.3) is 0 Å². The van der Waals surface area contributed by atoms with Crippen LogP contribution in [0.2, 0.25) is 0 Å². The van der Waals surface area contributed by atoms with Crippen molar-refractivity contribution in [3.8, 4) is 5.75 Å². The Kier molecular flexibility index (Phi) is 4.85. The van der Waals surface area contributed by atoms with Crippen molar-refractivity contribution in [1.29, 1.82) is 0 Å². The topological polar surface area (TPSA) is 15.7 Å². The number of rotatable bonds is 4. The van der Waals surface area contributed by atoms with Crippen LogP contribution in [0.3, 0.4) is 0 Å². The number of ether oxygens (including phenoxy) is 1. The molecular formula is C24H29FN2O. The van der Waals surface area contributed by atoms with Gasteiger partial charge in [-0.15, -0.1) is 0 Å². The van der Waals surface area contributed by atoms with Gasteiger partial charge in [0.05, 0.1) is 7.11 Å². The van der Waals surface area contributed by atoms with Crippen LogP contribution in [0.5, 0.6) is 5.75 Å². The predicted octanol–water partition coefficient (Wildman–Crippen LogP) is 3.90. The normalized spacial score (nSPS) is 25.6. The molecule has 0 unspecified atom stereocenters. The summed E-state index contributed by atoms with van der Waals surface area (Å²) in [4.78, 5) is 5.40. The highest BCUT2D eigenvalue weighted by molar-refractivity contribution is 5.33. The number of nitrogens with zero attached hydrogens (tertiary/aromatic N) is 2. The molecule has 4 aliphatic rings. The number of halogens is 1. The third-order valence-electron chi connectivity index (χ3n) is 7.00. The highest BCUT2D eigenvalue weighted by atomic mass is 19.1. The molecule has 28 heavy (non-hydrogen) atoms. The van der Waals surface area contributed by atoms with E-state index in [2.05, 4.69) is 34.1 Å². The molecular weight excluding hydrogens is 351 g/mol. The summed E-state index contributed by atoms with van der Waals surface area (Å²) in [5, 5.41) is 0. The number of fused-ring (bicyclic) bond motifs is 5. The molecule has 148 valence electrons. The molecule has 2 atom stereocenters. The van der Waals surface area contributed by atoms with E-state index in [4.69, 9.17) is 4.74 Å². The van der Waals surface area contributed by atoms with E-state index in [1.165, 1.54) is 45.4 Å². The fourth-order valence-electron chi connectivity index (χ4n) is 5.54. The summed E-state index contributed by atoms with van der Waals surface area (Å²) < 4.78 is 18.9. The molecule has 3 nitrogen and oxygen atoms in total. The van der Waals surface area contributed by atoms with Gasteiger partial charge in [0.15, 0.2) is 11.6 Å². The van der Waals surface area contributed by atoms with E-state index in [-0.39, 0.29) is 5.82 Å². The van der Waals surface area contributed by atoms with Gasteiger partial charge in [-0.25, -0.2) is 4.39 Å². The van der Waals surface area contributed by atoms with Gasteiger partial charge in [0.1, 0.15) is 0 Å². The third kappa shape index (κ3) is 3.44. The minimum Gasteiger partial charge on any atom is -0.494 e. The minimum absolute atomic E-state index is 0.282. The molecule has 3 aliphatic heterocycles. The lowest BCUT2D eigenvalue weighted by Crippen LogP contribution is -2.44. The first-order chi connectivity index (χ1) is 13.7. The largest absolute Gasteiger partial charge is 0.494 e. The van der Waals surface area contributed by atoms with Crippen LogP contribution in [-0.2, 0) is 19.4 Å². The Morgan fingerprint density at radius 2 is 1.75 bits per heavy atom. The Hall–Kier alpha value is -1.91. The lowest BCUT2D eigenvalue weighted by atomic mass is 9.94. The summed E-state index contributed by atoms with van der Waals surface area (Å²) in [5.74, 6) is 0.809. The Bertz CT molecular complexity index is 829. The molecule has 0 spiro atoms. The van der Waals surface area contributed by atoms with Gasteiger partial charge in [-0.2, -0.15) is 0 Å². The van der Waals surface area contributed by atoms with E-state index in [1.807, 2.05) is 12.1 Å². The number of hydrogen-bond acceptors (Lipinski definition) is 3. The van der Waals surface area contributed by atoms with Crippen LogP contribution >= 0.6 is 0 Å². The Labute approximate surface area is 167 Å². The molecule has 2 aromatic carbocycles. The van der Waals surface area contributed by atoms with Crippen molar-refractivity contribution in [2.45, 2.75) is 44.3 Å². The highest BCUT2D eigenvalue weighted by Crippen LogP contribution is 2.34. The smallest absolute Gasteiger partial charge is 0.165 e. The Morgan fingerprint density at radius 1 is 0.964 bits per heavy atom. The van der Waals surface area contributed by atoms with Crippen LogP contribution in [0.1, 0.15) is 29.5 Å². The summed E-state index contributed by atoms with van der Waals surface area (Å²) in [5.41, 5.74) is 4.23. The maximum Gasteiger partial charge on any atom is 0.165 e. The Morgan fingerprint density at radius 3 is 2.50 bits per heavy atom. The van der Waals surface area contributed by atoms with Crippen molar-refractivity contribution in [3.63, 3.8) is 0 Å². The zero-order valence-electron chi connectivity index (χ0n) is 16.6. The molecule has 0 radical (unpaired) electrons. The van der Waals surface area contributed by atoms with Crippen molar-refractivity contribution in [2.24, 2.45) is 5.92 Å². The van der Waals surface area contributed by atoms with Gasteiger partial charge < -0.3 is 4.74 Å². The molecule has 2 bridgehead atoms. The maximum absolute atomic E-state index is 13.8. The SMILES string of the molecule is COc1cc(CN2C[C@H]3CC[C@@H]2CN(C2Cc4ccccc4C2)C3)ccc1F. The van der Waals surface area contributed by atoms with Gasteiger partial charge in [-0.05, 0) is 60.4 Å². The first kappa shape index (κ1) is 18.1. The lowest BCUT2D eigenvalue weighted by molar-refractivity contribution is 0.120. The van der Waals surface area contributed by atoms with Crippen LogP contribution in [0.4, 0.5) is 4.39 Å². The van der Waals surface area contributed by atoms with Gasteiger partial charge in [0, 0.05) is 38.3 Å². The van der Waals surface area contributed by atoms with Gasteiger partial charge in [0.2, 0.25) is 0 Å². The van der Waals surface area contributed by atoms with Gasteiger partial charge >= 0.3 is 0 Å². The van der Waals surface area contributed by atoms with Crippen molar-refractivity contribution in [2.75, 3.05) is 26.7 Å². The quantitative estimate of drug-likeness (QED) is 0.800. The highest BCUT2D eigenvalue weighted by Gasteiger charge is 2.38. The first-order valence-corrected chi connectivity index (χ1v) is 10.6. The molecule has 1 aliphatic carbocycles. The second kappa shape index (κ2) is 7.49. The average molecular weight is 381 g/mol. The zero-order valence-corrected chi connectivity index (χ0v) is 16.6. The van der Waals surface area contributed by atoms with Crippen molar-refractivity contribution in [3.05, 3.63) is 65.0 Å². The second-order valence-corrected chi connectivity index (χ2v) is 8.78. The molecule has 0 aromatic heterocycles. The monoisotopic (exact) mass is 380 g/mol.